The number of carbonyl (C=O) groups excluding carboxylic acids is 2. The molecular formula is C31H21NO5S2. The average Bonchev–Trinajstić information content (AvgIpc) is 3.21. The molecular weight excluding hydrogens is 530 g/mol. The predicted molar refractivity (Wildman–Crippen MR) is 154 cm³/mol. The maximum absolute atomic E-state index is 13.1. The van der Waals surface area contributed by atoms with Crippen LogP contribution in [-0.2, 0) is 21.5 Å². The molecule has 0 radical (unpaired) electrons. The van der Waals surface area contributed by atoms with E-state index in [1.165, 1.54) is 23.1 Å². The zero-order valence-electron chi connectivity index (χ0n) is 20.5. The van der Waals surface area contributed by atoms with Gasteiger partial charge in [0.2, 0.25) is 0 Å². The molecule has 5 aromatic rings. The molecule has 0 aromatic heterocycles. The van der Waals surface area contributed by atoms with Crippen LogP contribution in [0.3, 0.4) is 0 Å². The monoisotopic (exact) mass is 551 g/mol. The van der Waals surface area contributed by atoms with Crippen LogP contribution in [0.1, 0.15) is 11.1 Å². The van der Waals surface area contributed by atoms with Crippen LogP contribution in [0.15, 0.2) is 119 Å². The summed E-state index contributed by atoms with van der Waals surface area (Å²) in [6.45, 7) is 0.183. The molecule has 0 N–H and O–H groups in total. The Bertz CT molecular complexity index is 1890. The van der Waals surface area contributed by atoms with Crippen molar-refractivity contribution >= 4 is 60.6 Å². The molecule has 1 aliphatic heterocycles. The third kappa shape index (κ3) is 5.04. The summed E-state index contributed by atoms with van der Waals surface area (Å²) in [4.78, 5) is 27.4. The zero-order valence-corrected chi connectivity index (χ0v) is 22.1. The van der Waals surface area contributed by atoms with E-state index in [-0.39, 0.29) is 28.3 Å². The molecule has 1 heterocycles. The van der Waals surface area contributed by atoms with Gasteiger partial charge < -0.3 is 4.18 Å². The van der Waals surface area contributed by atoms with Gasteiger partial charge in [0.1, 0.15) is 10.6 Å². The Hall–Kier alpha value is -4.40. The predicted octanol–water partition coefficient (Wildman–Crippen LogP) is 7.00. The largest absolute Gasteiger partial charge is 0.379 e. The number of carbonyl (C=O) groups is 2. The van der Waals surface area contributed by atoms with Crippen LogP contribution in [0, 0.1) is 0 Å². The first-order chi connectivity index (χ1) is 18.9. The minimum Gasteiger partial charge on any atom is -0.379 e. The minimum atomic E-state index is -4.03. The van der Waals surface area contributed by atoms with Gasteiger partial charge in [0.15, 0.2) is 0 Å². The Kier molecular flexibility index (Phi) is 6.42. The zero-order chi connectivity index (χ0) is 27.0. The Morgan fingerprint density at radius 3 is 2.23 bits per heavy atom. The molecule has 1 fully saturated rings. The summed E-state index contributed by atoms with van der Waals surface area (Å²) in [6, 6.07) is 32.3. The number of benzene rings is 5. The van der Waals surface area contributed by atoms with Crippen molar-refractivity contribution in [3.05, 3.63) is 125 Å². The Morgan fingerprint density at radius 1 is 0.744 bits per heavy atom. The smallest absolute Gasteiger partial charge is 0.339 e. The van der Waals surface area contributed by atoms with Crippen molar-refractivity contribution in [1.82, 2.24) is 4.90 Å². The fraction of sp³-hybridized carbons (Fsp3) is 0.0323. The lowest BCUT2D eigenvalue weighted by molar-refractivity contribution is -0.123. The second kappa shape index (κ2) is 10.1. The van der Waals surface area contributed by atoms with Gasteiger partial charge in [-0.25, -0.2) is 0 Å². The van der Waals surface area contributed by atoms with Gasteiger partial charge in [-0.15, -0.1) is 0 Å². The number of amides is 2. The van der Waals surface area contributed by atoms with Crippen LogP contribution in [-0.4, -0.2) is 24.5 Å². The highest BCUT2D eigenvalue weighted by Crippen LogP contribution is 2.34. The van der Waals surface area contributed by atoms with Crippen LogP contribution in [0.5, 0.6) is 5.75 Å². The fourth-order valence-corrected chi connectivity index (χ4v) is 6.31. The molecule has 1 aliphatic rings. The summed E-state index contributed by atoms with van der Waals surface area (Å²) in [5.41, 5.74) is 1.53. The first-order valence-electron chi connectivity index (χ1n) is 12.1. The van der Waals surface area contributed by atoms with Crippen molar-refractivity contribution in [1.29, 1.82) is 0 Å². The van der Waals surface area contributed by atoms with E-state index in [2.05, 4.69) is 0 Å². The first kappa shape index (κ1) is 24.9. The van der Waals surface area contributed by atoms with Crippen molar-refractivity contribution < 1.29 is 22.2 Å². The van der Waals surface area contributed by atoms with E-state index in [0.29, 0.717) is 10.5 Å². The van der Waals surface area contributed by atoms with Crippen LogP contribution < -0.4 is 4.18 Å². The second-order valence-electron chi connectivity index (χ2n) is 9.02. The van der Waals surface area contributed by atoms with Gasteiger partial charge in [-0.1, -0.05) is 84.9 Å². The average molecular weight is 552 g/mol. The van der Waals surface area contributed by atoms with E-state index < -0.39 is 10.1 Å². The molecule has 0 aliphatic carbocycles. The molecule has 1 saturated heterocycles. The highest BCUT2D eigenvalue weighted by molar-refractivity contribution is 8.18. The van der Waals surface area contributed by atoms with Crippen LogP contribution in [0.25, 0.3) is 27.6 Å². The highest BCUT2D eigenvalue weighted by atomic mass is 32.2. The molecule has 39 heavy (non-hydrogen) atoms. The van der Waals surface area contributed by atoms with Crippen molar-refractivity contribution in [2.24, 2.45) is 0 Å². The van der Waals surface area contributed by atoms with E-state index in [9.17, 15) is 18.0 Å². The summed E-state index contributed by atoms with van der Waals surface area (Å²) in [6.07, 6.45) is 1.62. The van der Waals surface area contributed by atoms with Crippen LogP contribution in [0.2, 0.25) is 0 Å². The molecule has 2 amide bonds. The minimum absolute atomic E-state index is 0.0603. The number of nitrogens with zero attached hydrogens (tertiary/aromatic N) is 1. The number of hydrogen-bond donors (Lipinski definition) is 0. The molecule has 192 valence electrons. The van der Waals surface area contributed by atoms with Crippen molar-refractivity contribution in [3.8, 4) is 5.75 Å². The summed E-state index contributed by atoms with van der Waals surface area (Å²) < 4.78 is 31.0. The lowest BCUT2D eigenvalue weighted by atomic mass is 10.0. The topological polar surface area (TPSA) is 80.8 Å². The number of hydrogen-bond acceptors (Lipinski definition) is 6. The molecule has 5 aromatic carbocycles. The summed E-state index contributed by atoms with van der Waals surface area (Å²) >= 11 is 0.885. The lowest BCUT2D eigenvalue weighted by Gasteiger charge is -2.14. The van der Waals surface area contributed by atoms with E-state index in [1.807, 2.05) is 66.7 Å². The standard InChI is InChI=1S/C31H21NO5S2/c33-30-29(38-31(34)32(30)20-25-10-5-9-23-7-3-4-11-28(23)25)18-21-12-15-26(16-13-21)37-39(35,36)27-17-14-22-6-1-2-8-24(22)19-27/h1-19H,20H2/b29-18-. The molecule has 0 spiro atoms. The van der Waals surface area contributed by atoms with E-state index >= 15 is 0 Å². The number of fused-ring (bicyclic) bond motifs is 2. The van der Waals surface area contributed by atoms with Gasteiger partial charge in [0.05, 0.1) is 11.4 Å². The number of rotatable bonds is 6. The first-order valence-corrected chi connectivity index (χ1v) is 14.4. The number of imide groups is 1. The lowest BCUT2D eigenvalue weighted by Crippen LogP contribution is -2.27. The van der Waals surface area contributed by atoms with Gasteiger partial charge in [0, 0.05) is 0 Å². The van der Waals surface area contributed by atoms with E-state index in [4.69, 9.17) is 4.18 Å². The number of thioether (sulfide) groups is 1. The Morgan fingerprint density at radius 2 is 1.44 bits per heavy atom. The molecule has 6 rings (SSSR count). The molecule has 0 atom stereocenters. The fourth-order valence-electron chi connectivity index (χ4n) is 4.51. The van der Waals surface area contributed by atoms with Gasteiger partial charge in [-0.3, -0.25) is 14.5 Å². The third-order valence-electron chi connectivity index (χ3n) is 6.48. The normalized spacial score (nSPS) is 15.0. The van der Waals surface area contributed by atoms with Crippen LogP contribution in [0.4, 0.5) is 4.79 Å². The Balaban J connectivity index is 1.18. The Labute approximate surface area is 229 Å². The summed E-state index contributed by atoms with van der Waals surface area (Å²) in [5, 5.41) is 3.44. The van der Waals surface area contributed by atoms with Gasteiger partial charge in [-0.05, 0) is 74.8 Å². The summed E-state index contributed by atoms with van der Waals surface area (Å²) in [7, 11) is -4.03. The van der Waals surface area contributed by atoms with Gasteiger partial charge in [0.25, 0.3) is 11.1 Å². The molecule has 0 unspecified atom stereocenters. The van der Waals surface area contributed by atoms with Gasteiger partial charge in [-0.2, -0.15) is 8.42 Å². The third-order valence-corrected chi connectivity index (χ3v) is 8.63. The van der Waals surface area contributed by atoms with Gasteiger partial charge >= 0.3 is 10.1 Å². The van der Waals surface area contributed by atoms with E-state index in [1.54, 1.807) is 30.3 Å². The molecule has 6 nitrogen and oxygen atoms in total. The maximum atomic E-state index is 13.1. The second-order valence-corrected chi connectivity index (χ2v) is 11.6. The van der Waals surface area contributed by atoms with E-state index in [0.717, 1.165) is 38.9 Å². The SMILES string of the molecule is O=C1S/C(=C\c2ccc(OS(=O)(=O)c3ccc4ccccc4c3)cc2)C(=O)N1Cc1cccc2ccccc12. The highest BCUT2D eigenvalue weighted by Gasteiger charge is 2.35. The molecule has 0 saturated carbocycles. The van der Waals surface area contributed by atoms with Crippen molar-refractivity contribution in [2.75, 3.05) is 0 Å². The summed E-state index contributed by atoms with van der Waals surface area (Å²) in [5.74, 6) is -0.221. The molecule has 8 heteroatoms. The quantitative estimate of drug-likeness (QED) is 0.167. The van der Waals surface area contributed by atoms with Crippen molar-refractivity contribution in [2.45, 2.75) is 11.4 Å². The molecule has 0 bridgehead atoms. The van der Waals surface area contributed by atoms with Crippen LogP contribution >= 0.6 is 11.8 Å². The van der Waals surface area contributed by atoms with Crippen molar-refractivity contribution in [3.63, 3.8) is 0 Å². The maximum Gasteiger partial charge on any atom is 0.339 e.